The van der Waals surface area contributed by atoms with Crippen molar-refractivity contribution in [2.45, 2.75) is 95.1 Å². The molecule has 1 spiro atoms. The number of benzene rings is 2. The summed E-state index contributed by atoms with van der Waals surface area (Å²) in [5.74, 6) is 1.35. The Morgan fingerprint density at radius 3 is 2.62 bits per heavy atom. The molecule has 7 nitrogen and oxygen atoms in total. The quantitative estimate of drug-likeness (QED) is 0.217. The lowest BCUT2D eigenvalue weighted by atomic mass is 9.59. The van der Waals surface area contributed by atoms with E-state index in [0.717, 1.165) is 81.3 Å². The van der Waals surface area contributed by atoms with Crippen molar-refractivity contribution in [3.05, 3.63) is 86.7 Å². The lowest BCUT2D eigenvalue weighted by Crippen LogP contribution is -2.53. The van der Waals surface area contributed by atoms with Gasteiger partial charge in [-0.05, 0) is 135 Å². The number of carboxylic acid groups (broad SMARTS) is 1. The summed E-state index contributed by atoms with van der Waals surface area (Å²) in [4.78, 5) is 22.6. The second-order valence-electron chi connectivity index (χ2n) is 15.9. The first kappa shape index (κ1) is 35.6. The number of carbonyl (C=O) groups is 1. The van der Waals surface area contributed by atoms with Gasteiger partial charge >= 0.3 is 5.97 Å². The van der Waals surface area contributed by atoms with Crippen molar-refractivity contribution >= 4 is 34.9 Å². The third-order valence-electron chi connectivity index (χ3n) is 12.4. The number of carboxylic acids is 1. The van der Waals surface area contributed by atoms with Gasteiger partial charge in [-0.3, -0.25) is 9.88 Å². The van der Waals surface area contributed by atoms with Gasteiger partial charge < -0.3 is 20.1 Å². The molecule has 1 aliphatic heterocycles. The maximum atomic E-state index is 13.0. The van der Waals surface area contributed by atoms with Crippen molar-refractivity contribution in [1.82, 2.24) is 14.8 Å². The molecule has 1 saturated heterocycles. The van der Waals surface area contributed by atoms with Crippen molar-refractivity contribution in [2.75, 3.05) is 45.2 Å². The summed E-state index contributed by atoms with van der Waals surface area (Å²) >= 11 is 13.4. The maximum Gasteiger partial charge on any atom is 0.329 e. The highest BCUT2D eigenvalue weighted by molar-refractivity contribution is 6.31. The molecule has 1 aromatic heterocycles. The number of piperazine rings is 1. The number of fused-ring (bicyclic) bond motifs is 3. The molecule has 2 N–H and O–H groups in total. The molecule has 4 aliphatic rings. The van der Waals surface area contributed by atoms with Crippen LogP contribution in [0.4, 0.5) is 5.69 Å². The van der Waals surface area contributed by atoms with E-state index in [9.17, 15) is 9.90 Å². The van der Waals surface area contributed by atoms with Gasteiger partial charge in [0.25, 0.3) is 0 Å². The van der Waals surface area contributed by atoms with E-state index in [4.69, 9.17) is 27.9 Å². The van der Waals surface area contributed by atoms with E-state index in [0.29, 0.717) is 42.2 Å². The summed E-state index contributed by atoms with van der Waals surface area (Å²) in [5, 5.41) is 15.5. The van der Waals surface area contributed by atoms with Crippen LogP contribution in [0.3, 0.4) is 0 Å². The number of anilines is 1. The van der Waals surface area contributed by atoms with Crippen molar-refractivity contribution < 1.29 is 14.6 Å². The molecule has 9 heteroatoms. The Hall–Kier alpha value is -2.84. The van der Waals surface area contributed by atoms with E-state index < -0.39 is 11.5 Å². The summed E-state index contributed by atoms with van der Waals surface area (Å²) < 4.78 is 6.60. The molecule has 50 heavy (non-hydrogen) atoms. The summed E-state index contributed by atoms with van der Waals surface area (Å²) in [5.41, 5.74) is 5.98. The van der Waals surface area contributed by atoms with Gasteiger partial charge in [0.05, 0.1) is 6.61 Å². The zero-order chi connectivity index (χ0) is 35.0. The van der Waals surface area contributed by atoms with Crippen LogP contribution in [-0.2, 0) is 29.6 Å². The third kappa shape index (κ3) is 7.13. The first-order valence-electron chi connectivity index (χ1n) is 18.7. The molecular weight excluding hydrogens is 667 g/mol. The molecule has 0 bridgehead atoms. The van der Waals surface area contributed by atoms with E-state index in [-0.39, 0.29) is 5.41 Å². The Balaban J connectivity index is 1.15. The van der Waals surface area contributed by atoms with Crippen LogP contribution < -0.4 is 10.1 Å². The number of aromatic nitrogens is 1. The van der Waals surface area contributed by atoms with Crippen molar-refractivity contribution in [3.63, 3.8) is 0 Å². The zero-order valence-electron chi connectivity index (χ0n) is 29.8. The van der Waals surface area contributed by atoms with E-state index in [1.54, 1.807) is 0 Å². The van der Waals surface area contributed by atoms with Crippen LogP contribution in [0.25, 0.3) is 0 Å². The van der Waals surface area contributed by atoms with Crippen LogP contribution in [0.15, 0.2) is 48.7 Å². The second kappa shape index (κ2) is 14.7. The molecule has 2 aromatic carbocycles. The number of pyridine rings is 1. The number of aryl methyl sites for hydroxylation is 1. The molecule has 0 radical (unpaired) electrons. The van der Waals surface area contributed by atoms with Crippen LogP contribution in [0.2, 0.25) is 10.0 Å². The normalized spacial score (nSPS) is 27.5. The number of nitrogens with zero attached hydrogens (tertiary/aromatic N) is 3. The molecule has 0 unspecified atom stereocenters. The van der Waals surface area contributed by atoms with E-state index in [1.807, 2.05) is 36.5 Å². The monoisotopic (exact) mass is 718 g/mol. The number of rotatable bonds is 10. The predicted molar refractivity (Wildman–Crippen MR) is 202 cm³/mol. The van der Waals surface area contributed by atoms with Gasteiger partial charge in [0.1, 0.15) is 11.3 Å². The molecule has 3 atom stereocenters. The highest BCUT2D eigenvalue weighted by Gasteiger charge is 2.54. The van der Waals surface area contributed by atoms with Crippen LogP contribution in [0, 0.1) is 11.8 Å². The molecule has 2 heterocycles. The fourth-order valence-corrected chi connectivity index (χ4v) is 9.98. The summed E-state index contributed by atoms with van der Waals surface area (Å²) in [7, 11) is 2.18. The fourth-order valence-electron chi connectivity index (χ4n) is 9.54. The smallest absolute Gasteiger partial charge is 0.329 e. The van der Waals surface area contributed by atoms with Crippen LogP contribution in [0.1, 0.15) is 92.7 Å². The zero-order valence-corrected chi connectivity index (χ0v) is 31.3. The number of likely N-dealkylation sites (N-methyl/N-ethyl adjacent to an activating group) is 1. The summed E-state index contributed by atoms with van der Waals surface area (Å²) in [6.07, 6.45) is 9.91. The van der Waals surface area contributed by atoms with Gasteiger partial charge in [-0.25, -0.2) is 4.79 Å². The average molecular weight is 720 g/mol. The van der Waals surface area contributed by atoms with Crippen LogP contribution >= 0.6 is 23.2 Å². The number of halogens is 2. The van der Waals surface area contributed by atoms with Crippen LogP contribution in [0.5, 0.6) is 5.75 Å². The maximum absolute atomic E-state index is 13.0. The molecule has 268 valence electrons. The van der Waals surface area contributed by atoms with Crippen molar-refractivity contribution in [3.8, 4) is 5.75 Å². The molecule has 0 amide bonds. The molecule has 3 aliphatic carbocycles. The highest BCUT2D eigenvalue weighted by Crippen LogP contribution is 2.57. The van der Waals surface area contributed by atoms with Crippen LogP contribution in [-0.4, -0.2) is 71.2 Å². The lowest BCUT2D eigenvalue weighted by Gasteiger charge is -2.47. The van der Waals surface area contributed by atoms with Gasteiger partial charge in [0.15, 0.2) is 0 Å². The minimum absolute atomic E-state index is 0.121. The van der Waals surface area contributed by atoms with Crippen molar-refractivity contribution in [2.24, 2.45) is 11.8 Å². The number of hydrogen-bond acceptors (Lipinski definition) is 6. The minimum atomic E-state index is -1.05. The topological polar surface area (TPSA) is 77.9 Å². The Morgan fingerprint density at radius 1 is 1.10 bits per heavy atom. The van der Waals surface area contributed by atoms with Gasteiger partial charge in [0.2, 0.25) is 0 Å². The Labute approximate surface area is 307 Å². The lowest BCUT2D eigenvalue weighted by molar-refractivity contribution is -0.144. The minimum Gasteiger partial charge on any atom is -0.493 e. The highest BCUT2D eigenvalue weighted by atomic mass is 35.5. The first-order valence-corrected chi connectivity index (χ1v) is 19.4. The van der Waals surface area contributed by atoms with Gasteiger partial charge in [0, 0.05) is 65.9 Å². The van der Waals surface area contributed by atoms with E-state index in [2.05, 4.69) is 53.1 Å². The number of ether oxygens (including phenoxy) is 1. The number of aliphatic carboxylic acids is 1. The SMILES string of the molecule is C[C@@H](COc1ccnc2c1[C@H](C)CCC2)C[C@H]1Cc2cc(Cl)c(CN3CCN(C)CC3)cc2C12CCC(Nc1cccc(Cl)c1)(C(=O)O)CC2. The number of nitrogens with one attached hydrogen (secondary N) is 1. The second-order valence-corrected chi connectivity index (χ2v) is 16.7. The molecule has 3 aromatic rings. The van der Waals surface area contributed by atoms with E-state index in [1.165, 1.54) is 40.8 Å². The molecule has 7 rings (SSSR count). The molecule has 1 saturated carbocycles. The Bertz CT molecular complexity index is 1700. The van der Waals surface area contributed by atoms with E-state index >= 15 is 0 Å². The van der Waals surface area contributed by atoms with Gasteiger partial charge in [-0.1, -0.05) is 49.2 Å². The average Bonchev–Trinajstić information content (AvgIpc) is 3.36. The molecule has 2 fully saturated rings. The molecular formula is C41H52Cl2N4O3. The first-order chi connectivity index (χ1) is 24.0. The third-order valence-corrected chi connectivity index (χ3v) is 13.0. The standard InChI is InChI=1S/C41H52Cl2N4O3/c1-27(26-50-37-10-15-44-36-9-4-6-28(2)38(36)37)20-31-21-29-23-35(43)30(25-47-18-16-46(3)17-19-47)22-34(29)40(31)11-13-41(14-12-40,39(48)49)45-33-8-5-7-32(42)24-33/h5,7-8,10,15,22-24,27-28,31,45H,4,6,9,11-14,16-21,25-26H2,1-3H3,(H,48,49)/t27-,28-,31+,40?,41?/m1/s1. The Morgan fingerprint density at radius 2 is 1.88 bits per heavy atom. The largest absolute Gasteiger partial charge is 0.493 e. The van der Waals surface area contributed by atoms with Gasteiger partial charge in [-0.2, -0.15) is 0 Å². The fraction of sp³-hybridized carbons (Fsp3) is 0.561. The summed E-state index contributed by atoms with van der Waals surface area (Å²) in [6, 6.07) is 14.1. The predicted octanol–water partition coefficient (Wildman–Crippen LogP) is 8.60. The van der Waals surface area contributed by atoms with Gasteiger partial charge in [-0.15, -0.1) is 0 Å². The summed E-state index contributed by atoms with van der Waals surface area (Å²) in [6.45, 7) is 10.3. The van der Waals surface area contributed by atoms with Crippen molar-refractivity contribution in [1.29, 1.82) is 0 Å². The number of hydrogen-bond donors (Lipinski definition) is 2. The Kier molecular flexibility index (Phi) is 10.4.